The number of aryl methyl sites for hydroxylation is 1. The molecular formula is C36H58N6O12. The van der Waals surface area contributed by atoms with Crippen LogP contribution in [0.5, 0.6) is 5.75 Å². The van der Waals surface area contributed by atoms with Gasteiger partial charge in [-0.3, -0.25) is 24.0 Å². The van der Waals surface area contributed by atoms with Gasteiger partial charge in [0.05, 0.1) is 13.2 Å². The molecule has 0 aliphatic heterocycles. The van der Waals surface area contributed by atoms with E-state index in [9.17, 15) is 54.0 Å². The van der Waals surface area contributed by atoms with E-state index in [2.05, 4.69) is 21.3 Å². The molecule has 0 spiro atoms. The molecule has 1 rings (SSSR count). The van der Waals surface area contributed by atoms with Gasteiger partial charge in [0.2, 0.25) is 23.6 Å². The van der Waals surface area contributed by atoms with Crippen LogP contribution >= 0.6 is 0 Å². The van der Waals surface area contributed by atoms with Crippen molar-refractivity contribution in [2.45, 2.75) is 116 Å². The van der Waals surface area contributed by atoms with Crippen molar-refractivity contribution < 1.29 is 58.7 Å². The third-order valence-electron chi connectivity index (χ3n) is 8.24. The molecule has 304 valence electrons. The lowest BCUT2D eigenvalue weighted by molar-refractivity contribution is -0.144. The predicted octanol–water partition coefficient (Wildman–Crippen LogP) is -0.0935. The van der Waals surface area contributed by atoms with Crippen LogP contribution < -0.4 is 27.0 Å². The minimum atomic E-state index is -1.57. The topological polar surface area (TPSA) is 287 Å². The van der Waals surface area contributed by atoms with Crippen LogP contribution in [-0.4, -0.2) is 122 Å². The molecule has 0 radical (unpaired) electrons. The maximum absolute atomic E-state index is 13.5. The van der Waals surface area contributed by atoms with E-state index in [0.29, 0.717) is 24.2 Å². The molecule has 0 aromatic heterocycles. The van der Waals surface area contributed by atoms with Crippen LogP contribution in [0.3, 0.4) is 0 Å². The van der Waals surface area contributed by atoms with Crippen LogP contribution in [0.2, 0.25) is 0 Å². The number of nitrogens with one attached hydrogen (secondary N) is 4. The van der Waals surface area contributed by atoms with E-state index in [1.165, 1.54) is 34.6 Å². The minimum Gasteiger partial charge on any atom is -0.508 e. The zero-order valence-corrected chi connectivity index (χ0v) is 32.1. The van der Waals surface area contributed by atoms with E-state index < -0.39 is 109 Å². The number of nitrogens with zero attached hydrogens (tertiary/aromatic N) is 1. The van der Waals surface area contributed by atoms with E-state index in [4.69, 9.17) is 10.5 Å². The van der Waals surface area contributed by atoms with E-state index in [-0.39, 0.29) is 12.2 Å². The molecule has 18 heteroatoms. The highest BCUT2D eigenvalue weighted by Gasteiger charge is 2.39. The normalized spacial score (nSPS) is 14.7. The summed E-state index contributed by atoms with van der Waals surface area (Å²) in [5.41, 5.74) is 5.42. The first-order chi connectivity index (χ1) is 25.1. The summed E-state index contributed by atoms with van der Waals surface area (Å²) in [6.45, 7) is 8.21. The first kappa shape index (κ1) is 47.2. The molecule has 10 N–H and O–H groups in total. The number of carboxylic acids is 1. The highest BCUT2D eigenvalue weighted by atomic mass is 16.6. The van der Waals surface area contributed by atoms with Crippen LogP contribution in [0.4, 0.5) is 4.79 Å². The number of aliphatic hydroxyl groups excluding tert-OH is 2. The number of aliphatic carboxylic acids is 1. The van der Waals surface area contributed by atoms with Crippen molar-refractivity contribution in [1.29, 1.82) is 0 Å². The number of aromatic hydroxyl groups is 1. The predicted molar refractivity (Wildman–Crippen MR) is 195 cm³/mol. The van der Waals surface area contributed by atoms with Gasteiger partial charge < -0.3 is 52.2 Å². The van der Waals surface area contributed by atoms with Gasteiger partial charge >= 0.3 is 12.1 Å². The third kappa shape index (κ3) is 16.1. The van der Waals surface area contributed by atoms with Gasteiger partial charge in [-0.15, -0.1) is 0 Å². The molecule has 0 bridgehead atoms. The average Bonchev–Trinajstić information content (AvgIpc) is 3.08. The largest absolute Gasteiger partial charge is 0.508 e. The van der Waals surface area contributed by atoms with Crippen molar-refractivity contribution in [1.82, 2.24) is 26.2 Å². The SMILES string of the molecule is CC(C)C(NC(=O)C(NC(=O)CCCCCc1ccc(O)cc1)C(CO)CNC(=O)[C@H](C)N(C(=O)OC(C)(C)C)C(=O)[C@H](C)NC(=O)[C@@H](N)CO)C(=O)O. The second-order valence-corrected chi connectivity index (χ2v) is 14.4. The lowest BCUT2D eigenvalue weighted by Crippen LogP contribution is -2.60. The first-order valence-electron chi connectivity index (χ1n) is 17.8. The fraction of sp³-hybridized carbons (Fsp3) is 0.639. The number of carboxylic acid groups (broad SMARTS) is 1. The number of carbonyl (C=O) groups excluding carboxylic acids is 6. The van der Waals surface area contributed by atoms with E-state index in [1.54, 1.807) is 38.1 Å². The Kier molecular flexibility index (Phi) is 19.6. The molecular weight excluding hydrogens is 708 g/mol. The quantitative estimate of drug-likeness (QED) is 0.0741. The number of hydrogen-bond donors (Lipinski definition) is 9. The van der Waals surface area contributed by atoms with E-state index in [1.807, 2.05) is 0 Å². The highest BCUT2D eigenvalue weighted by molar-refractivity contribution is 6.01. The molecule has 0 heterocycles. The molecule has 0 aliphatic rings. The third-order valence-corrected chi connectivity index (χ3v) is 8.24. The lowest BCUT2D eigenvalue weighted by atomic mass is 9.97. The van der Waals surface area contributed by atoms with Crippen LogP contribution in [0.15, 0.2) is 24.3 Å². The zero-order chi connectivity index (χ0) is 41.3. The number of phenols is 1. The summed E-state index contributed by atoms with van der Waals surface area (Å²) in [6, 6.07) is -0.421. The van der Waals surface area contributed by atoms with Crippen molar-refractivity contribution >= 4 is 41.6 Å². The summed E-state index contributed by atoms with van der Waals surface area (Å²) in [7, 11) is 0. The molecule has 18 nitrogen and oxygen atoms in total. The maximum Gasteiger partial charge on any atom is 0.417 e. The van der Waals surface area contributed by atoms with Crippen molar-refractivity contribution in [3.8, 4) is 5.75 Å². The summed E-state index contributed by atoms with van der Waals surface area (Å²) in [5.74, 6) is -7.29. The summed E-state index contributed by atoms with van der Waals surface area (Å²) in [6.07, 6.45) is 1.33. The number of nitrogens with two attached hydrogens (primary N) is 1. The van der Waals surface area contributed by atoms with Crippen molar-refractivity contribution in [3.63, 3.8) is 0 Å². The number of rotatable bonds is 21. The number of benzene rings is 1. The summed E-state index contributed by atoms with van der Waals surface area (Å²) in [4.78, 5) is 91.2. The number of carbonyl (C=O) groups is 7. The molecule has 0 aliphatic carbocycles. The summed E-state index contributed by atoms with van der Waals surface area (Å²) >= 11 is 0. The lowest BCUT2D eigenvalue weighted by Gasteiger charge is -2.32. The second-order valence-electron chi connectivity index (χ2n) is 14.4. The Bertz CT molecular complexity index is 1430. The van der Waals surface area contributed by atoms with Gasteiger partial charge in [0.25, 0.3) is 5.91 Å². The van der Waals surface area contributed by atoms with Gasteiger partial charge in [-0.05, 0) is 77.5 Å². The Balaban J connectivity index is 3.18. The molecule has 0 saturated heterocycles. The Morgan fingerprint density at radius 3 is 1.94 bits per heavy atom. The number of amides is 6. The van der Waals surface area contributed by atoms with Gasteiger partial charge in [-0.2, -0.15) is 0 Å². The average molecular weight is 767 g/mol. The van der Waals surface area contributed by atoms with Gasteiger partial charge in [0.15, 0.2) is 0 Å². The van der Waals surface area contributed by atoms with Crippen LogP contribution in [0.25, 0.3) is 0 Å². The number of ether oxygens (including phenoxy) is 1. The monoisotopic (exact) mass is 766 g/mol. The molecule has 6 amide bonds. The molecule has 0 saturated carbocycles. The fourth-order valence-corrected chi connectivity index (χ4v) is 5.06. The summed E-state index contributed by atoms with van der Waals surface area (Å²) in [5, 5.41) is 48.3. The Morgan fingerprint density at radius 1 is 0.815 bits per heavy atom. The number of phenolic OH excluding ortho intramolecular Hbond substituents is 1. The van der Waals surface area contributed by atoms with E-state index in [0.717, 1.165) is 12.0 Å². The number of imide groups is 1. The Morgan fingerprint density at radius 2 is 1.43 bits per heavy atom. The van der Waals surface area contributed by atoms with Crippen LogP contribution in [-0.2, 0) is 39.9 Å². The van der Waals surface area contributed by atoms with Gasteiger partial charge in [0.1, 0.15) is 41.6 Å². The van der Waals surface area contributed by atoms with Crippen molar-refractivity contribution in [2.75, 3.05) is 19.8 Å². The molecule has 1 aromatic carbocycles. The smallest absolute Gasteiger partial charge is 0.417 e. The van der Waals surface area contributed by atoms with Gasteiger partial charge in [-0.25, -0.2) is 14.5 Å². The second kappa shape index (κ2) is 22.4. The number of unbranched alkanes of at least 4 members (excludes halogenated alkanes) is 2. The van der Waals surface area contributed by atoms with Crippen molar-refractivity contribution in [3.05, 3.63) is 29.8 Å². The Hall–Kier alpha value is -4.81. The van der Waals surface area contributed by atoms with Crippen LogP contribution in [0.1, 0.15) is 79.7 Å². The maximum atomic E-state index is 13.5. The molecule has 3 unspecified atom stereocenters. The number of aliphatic hydroxyl groups is 2. The molecule has 0 fully saturated rings. The number of hydrogen-bond acceptors (Lipinski definition) is 12. The fourth-order valence-electron chi connectivity index (χ4n) is 5.06. The minimum absolute atomic E-state index is 0.00166. The van der Waals surface area contributed by atoms with Gasteiger partial charge in [-0.1, -0.05) is 32.4 Å². The summed E-state index contributed by atoms with van der Waals surface area (Å²) < 4.78 is 5.34. The van der Waals surface area contributed by atoms with Crippen LogP contribution in [0, 0.1) is 11.8 Å². The standard InChI is InChI=1S/C36H58N6O12/c1-20(2)28(34(51)52)41-32(49)29(40-27(46)12-10-8-9-11-23-13-15-25(45)16-14-23)24(18-43)17-38-30(47)22(4)42(35(53)54-36(5,6)7)33(50)21(3)39-31(48)26(37)19-44/h13-16,20-22,24,26,28-29,43-45H,8-12,17-19,37H2,1-7H3,(H,38,47)(H,39,48)(H,40,46)(H,41,49)(H,51,52)/t21-,22-,24?,26-,28?,29?/m0/s1. The molecule has 6 atom stereocenters. The van der Waals surface area contributed by atoms with Gasteiger partial charge in [0, 0.05) is 18.9 Å². The Labute approximate surface area is 315 Å². The molecule has 54 heavy (non-hydrogen) atoms. The first-order valence-corrected chi connectivity index (χ1v) is 17.8. The molecule has 1 aromatic rings. The zero-order valence-electron chi connectivity index (χ0n) is 32.1. The van der Waals surface area contributed by atoms with Crippen molar-refractivity contribution in [2.24, 2.45) is 17.6 Å². The highest BCUT2D eigenvalue weighted by Crippen LogP contribution is 2.16. The van der Waals surface area contributed by atoms with E-state index >= 15 is 0 Å².